The van der Waals surface area contributed by atoms with Gasteiger partial charge in [-0.3, -0.25) is 4.98 Å². The fourth-order valence-corrected chi connectivity index (χ4v) is 2.54. The van der Waals surface area contributed by atoms with Crippen molar-refractivity contribution >= 4 is 17.0 Å². The van der Waals surface area contributed by atoms with Crippen LogP contribution in [0.1, 0.15) is 19.4 Å². The van der Waals surface area contributed by atoms with Crippen molar-refractivity contribution < 1.29 is 4.74 Å². The van der Waals surface area contributed by atoms with Crippen molar-refractivity contribution in [3.63, 3.8) is 0 Å². The molecule has 17 heavy (non-hydrogen) atoms. The van der Waals surface area contributed by atoms with Gasteiger partial charge in [0, 0.05) is 24.8 Å². The molecule has 2 aromatic rings. The Kier molecular flexibility index (Phi) is 2.48. The SMILES string of the molecule is CC(C1CCOC1)n1c(N)nc2cnccc21. The molecule has 2 N–H and O–H groups in total. The number of nitrogens with two attached hydrogens (primary N) is 1. The number of fused-ring (bicyclic) bond motifs is 1. The van der Waals surface area contributed by atoms with Crippen molar-refractivity contribution in [3.05, 3.63) is 18.5 Å². The molecular weight excluding hydrogens is 216 g/mol. The van der Waals surface area contributed by atoms with Crippen LogP contribution in [0.2, 0.25) is 0 Å². The lowest BCUT2D eigenvalue weighted by atomic mass is 10.0. The molecule has 1 aliphatic rings. The van der Waals surface area contributed by atoms with E-state index in [4.69, 9.17) is 10.5 Å². The number of aromatic nitrogens is 3. The number of hydrogen-bond donors (Lipinski definition) is 1. The lowest BCUT2D eigenvalue weighted by Gasteiger charge is -2.21. The Hall–Kier alpha value is -1.62. The Balaban J connectivity index is 2.06. The summed E-state index contributed by atoms with van der Waals surface area (Å²) in [6.45, 7) is 3.84. The van der Waals surface area contributed by atoms with Crippen LogP contribution in [-0.4, -0.2) is 27.7 Å². The summed E-state index contributed by atoms with van der Waals surface area (Å²) < 4.78 is 7.53. The second-order valence-corrected chi connectivity index (χ2v) is 4.57. The number of nitrogens with zero attached hydrogens (tertiary/aromatic N) is 3. The van der Waals surface area contributed by atoms with Crippen LogP contribution in [-0.2, 0) is 4.74 Å². The highest BCUT2D eigenvalue weighted by Crippen LogP contribution is 2.31. The molecule has 1 saturated heterocycles. The van der Waals surface area contributed by atoms with Crippen LogP contribution < -0.4 is 5.73 Å². The third kappa shape index (κ3) is 1.67. The van der Waals surface area contributed by atoms with Crippen LogP contribution in [0.25, 0.3) is 11.0 Å². The first kappa shape index (κ1) is 10.5. The van der Waals surface area contributed by atoms with E-state index in [1.165, 1.54) is 0 Å². The van der Waals surface area contributed by atoms with Gasteiger partial charge in [0.2, 0.25) is 5.95 Å². The molecule has 0 saturated carbocycles. The number of imidazole rings is 1. The Morgan fingerprint density at radius 1 is 1.59 bits per heavy atom. The minimum atomic E-state index is 0.310. The molecule has 2 atom stereocenters. The van der Waals surface area contributed by atoms with Crippen molar-refractivity contribution in [1.82, 2.24) is 14.5 Å². The van der Waals surface area contributed by atoms with Crippen molar-refractivity contribution in [2.24, 2.45) is 5.92 Å². The molecule has 90 valence electrons. The van der Waals surface area contributed by atoms with E-state index in [-0.39, 0.29) is 0 Å². The Morgan fingerprint density at radius 3 is 3.24 bits per heavy atom. The quantitative estimate of drug-likeness (QED) is 0.854. The summed E-state index contributed by atoms with van der Waals surface area (Å²) in [7, 11) is 0. The Labute approximate surface area is 99.6 Å². The first-order chi connectivity index (χ1) is 8.27. The van der Waals surface area contributed by atoms with Gasteiger partial charge in [0.1, 0.15) is 5.52 Å². The zero-order valence-electron chi connectivity index (χ0n) is 9.84. The van der Waals surface area contributed by atoms with Gasteiger partial charge < -0.3 is 15.0 Å². The summed E-state index contributed by atoms with van der Waals surface area (Å²) in [5.41, 5.74) is 7.91. The topological polar surface area (TPSA) is 66.0 Å². The summed E-state index contributed by atoms with van der Waals surface area (Å²) in [5.74, 6) is 1.08. The molecular formula is C12H16N4O. The number of nitrogen functional groups attached to an aromatic ring is 1. The van der Waals surface area contributed by atoms with Crippen molar-refractivity contribution in [2.75, 3.05) is 18.9 Å². The van der Waals surface area contributed by atoms with Gasteiger partial charge in [-0.15, -0.1) is 0 Å². The predicted octanol–water partition coefficient (Wildman–Crippen LogP) is 1.61. The van der Waals surface area contributed by atoms with Gasteiger partial charge in [0.15, 0.2) is 0 Å². The molecule has 3 rings (SSSR count). The summed E-state index contributed by atoms with van der Waals surface area (Å²) in [6.07, 6.45) is 4.61. The van der Waals surface area contributed by atoms with Crippen LogP contribution in [0.4, 0.5) is 5.95 Å². The van der Waals surface area contributed by atoms with Crippen LogP contribution in [0.3, 0.4) is 0 Å². The number of anilines is 1. The number of pyridine rings is 1. The van der Waals surface area contributed by atoms with Crippen molar-refractivity contribution in [1.29, 1.82) is 0 Å². The van der Waals surface area contributed by atoms with Crippen LogP contribution in [0.15, 0.2) is 18.5 Å². The van der Waals surface area contributed by atoms with Gasteiger partial charge >= 0.3 is 0 Å². The van der Waals surface area contributed by atoms with Gasteiger partial charge in [-0.1, -0.05) is 0 Å². The molecule has 5 heteroatoms. The lowest BCUT2D eigenvalue weighted by molar-refractivity contribution is 0.176. The van der Waals surface area contributed by atoms with E-state index < -0.39 is 0 Å². The number of ether oxygens (including phenoxy) is 1. The van der Waals surface area contributed by atoms with Gasteiger partial charge in [-0.2, -0.15) is 0 Å². The van der Waals surface area contributed by atoms with Crippen molar-refractivity contribution in [2.45, 2.75) is 19.4 Å². The van der Waals surface area contributed by atoms with Crippen LogP contribution >= 0.6 is 0 Å². The summed E-state index contributed by atoms with van der Waals surface area (Å²) in [4.78, 5) is 8.41. The van der Waals surface area contributed by atoms with Gasteiger partial charge in [0.05, 0.1) is 18.3 Å². The average molecular weight is 232 g/mol. The molecule has 5 nitrogen and oxygen atoms in total. The molecule has 0 bridgehead atoms. The minimum absolute atomic E-state index is 0.310. The number of rotatable bonds is 2. The van der Waals surface area contributed by atoms with Crippen LogP contribution in [0, 0.1) is 5.92 Å². The third-order valence-electron chi connectivity index (χ3n) is 3.57. The molecule has 0 amide bonds. The largest absolute Gasteiger partial charge is 0.381 e. The van der Waals surface area contributed by atoms with E-state index in [2.05, 4.69) is 21.5 Å². The molecule has 0 spiro atoms. The third-order valence-corrected chi connectivity index (χ3v) is 3.57. The average Bonchev–Trinajstić information content (AvgIpc) is 2.94. The fourth-order valence-electron chi connectivity index (χ4n) is 2.54. The van der Waals surface area contributed by atoms with E-state index >= 15 is 0 Å². The molecule has 1 aliphatic heterocycles. The number of hydrogen-bond acceptors (Lipinski definition) is 4. The first-order valence-corrected chi connectivity index (χ1v) is 5.92. The van der Waals surface area contributed by atoms with E-state index in [9.17, 15) is 0 Å². The van der Waals surface area contributed by atoms with E-state index in [1.807, 2.05) is 6.07 Å². The van der Waals surface area contributed by atoms with Crippen LogP contribution in [0.5, 0.6) is 0 Å². The highest BCUT2D eigenvalue weighted by Gasteiger charge is 2.26. The maximum absolute atomic E-state index is 6.01. The van der Waals surface area contributed by atoms with Gasteiger partial charge in [0.25, 0.3) is 0 Å². The highest BCUT2D eigenvalue weighted by molar-refractivity contribution is 5.77. The standard InChI is InChI=1S/C12H16N4O/c1-8(9-3-5-17-7-9)16-11-2-4-14-6-10(11)15-12(16)13/h2,4,6,8-9H,3,5,7H2,1H3,(H2,13,15). The maximum Gasteiger partial charge on any atom is 0.201 e. The zero-order chi connectivity index (χ0) is 11.8. The molecule has 1 fully saturated rings. The second-order valence-electron chi connectivity index (χ2n) is 4.57. The highest BCUT2D eigenvalue weighted by atomic mass is 16.5. The Bertz CT molecular complexity index is 530. The summed E-state index contributed by atoms with van der Waals surface area (Å²) >= 11 is 0. The molecule has 0 radical (unpaired) electrons. The van der Waals surface area contributed by atoms with Gasteiger partial charge in [-0.05, 0) is 19.4 Å². The molecule has 3 heterocycles. The monoisotopic (exact) mass is 232 g/mol. The normalized spacial score (nSPS) is 22.1. The predicted molar refractivity (Wildman–Crippen MR) is 65.6 cm³/mol. The summed E-state index contributed by atoms with van der Waals surface area (Å²) in [6, 6.07) is 2.27. The Morgan fingerprint density at radius 2 is 2.47 bits per heavy atom. The van der Waals surface area contributed by atoms with Gasteiger partial charge in [-0.25, -0.2) is 4.98 Å². The maximum atomic E-state index is 6.01. The smallest absolute Gasteiger partial charge is 0.201 e. The molecule has 2 unspecified atom stereocenters. The molecule has 0 aromatic carbocycles. The van der Waals surface area contributed by atoms with E-state index in [0.29, 0.717) is 17.9 Å². The summed E-state index contributed by atoms with van der Waals surface area (Å²) in [5, 5.41) is 0. The molecule has 0 aliphatic carbocycles. The van der Waals surface area contributed by atoms with E-state index in [1.54, 1.807) is 12.4 Å². The lowest BCUT2D eigenvalue weighted by Crippen LogP contribution is -2.18. The first-order valence-electron chi connectivity index (χ1n) is 5.92. The minimum Gasteiger partial charge on any atom is -0.381 e. The molecule has 2 aromatic heterocycles. The fraction of sp³-hybridized carbons (Fsp3) is 0.500. The second kappa shape index (κ2) is 4.00. The van der Waals surface area contributed by atoms with Crippen molar-refractivity contribution in [3.8, 4) is 0 Å². The zero-order valence-corrected chi connectivity index (χ0v) is 9.84. The van der Waals surface area contributed by atoms with E-state index in [0.717, 1.165) is 30.7 Å².